The van der Waals surface area contributed by atoms with Crippen molar-refractivity contribution in [2.45, 2.75) is 0 Å². The van der Waals surface area contributed by atoms with E-state index >= 15 is 0 Å². The molecule has 1 N–H and O–H groups in total. The van der Waals surface area contributed by atoms with Crippen molar-refractivity contribution in [2.75, 3.05) is 14.2 Å². The van der Waals surface area contributed by atoms with Crippen LogP contribution < -0.4 is 9.47 Å². The summed E-state index contributed by atoms with van der Waals surface area (Å²) in [6.45, 7) is 0. The van der Waals surface area contributed by atoms with Gasteiger partial charge < -0.3 is 14.6 Å². The highest BCUT2D eigenvalue weighted by atomic mass is 16.5. The Morgan fingerprint density at radius 1 is 1.08 bits per heavy atom. The molecule has 3 heteroatoms. The molecule has 1 aromatic carbocycles. The molecule has 3 nitrogen and oxygen atoms in total. The summed E-state index contributed by atoms with van der Waals surface area (Å²) in [5.74, 6) is 1.40. The van der Waals surface area contributed by atoms with Crippen LogP contribution in [0.2, 0.25) is 0 Å². The summed E-state index contributed by atoms with van der Waals surface area (Å²) in [5, 5.41) is 8.58. The molecule has 0 aromatic heterocycles. The average molecular weight is 180 g/mol. The van der Waals surface area contributed by atoms with E-state index < -0.39 is 0 Å². The zero-order chi connectivity index (χ0) is 9.68. The standard InChI is InChI=1S/C10H12O3/c1-12-9-5-8(3-4-11)6-10(7-9)13-2/h3-7,11H,1-2H3. The van der Waals surface area contributed by atoms with E-state index in [4.69, 9.17) is 14.6 Å². The normalized spacial score (nSPS) is 10.3. The van der Waals surface area contributed by atoms with Crippen LogP contribution >= 0.6 is 0 Å². The van der Waals surface area contributed by atoms with Gasteiger partial charge >= 0.3 is 0 Å². The van der Waals surface area contributed by atoms with Crippen molar-refractivity contribution in [2.24, 2.45) is 0 Å². The molecule has 1 rings (SSSR count). The lowest BCUT2D eigenvalue weighted by atomic mass is 10.2. The smallest absolute Gasteiger partial charge is 0.123 e. The molecule has 0 saturated carbocycles. The number of benzene rings is 1. The second-order valence-electron chi connectivity index (χ2n) is 2.46. The lowest BCUT2D eigenvalue weighted by molar-refractivity contribution is 0.394. The van der Waals surface area contributed by atoms with E-state index in [9.17, 15) is 0 Å². The predicted molar refractivity (Wildman–Crippen MR) is 51.2 cm³/mol. The highest BCUT2D eigenvalue weighted by Crippen LogP contribution is 2.22. The summed E-state index contributed by atoms with van der Waals surface area (Å²) in [7, 11) is 3.17. The zero-order valence-electron chi connectivity index (χ0n) is 7.65. The summed E-state index contributed by atoms with van der Waals surface area (Å²) in [4.78, 5) is 0. The van der Waals surface area contributed by atoms with Gasteiger partial charge in [0.25, 0.3) is 0 Å². The molecule has 13 heavy (non-hydrogen) atoms. The molecule has 0 spiro atoms. The summed E-state index contributed by atoms with van der Waals surface area (Å²) in [6.07, 6.45) is 2.54. The number of methoxy groups -OCH3 is 2. The van der Waals surface area contributed by atoms with Gasteiger partial charge in [-0.05, 0) is 23.8 Å². The number of aliphatic hydroxyl groups is 1. The van der Waals surface area contributed by atoms with Crippen molar-refractivity contribution in [1.82, 2.24) is 0 Å². The average Bonchev–Trinajstić information content (AvgIpc) is 2.17. The Labute approximate surface area is 77.2 Å². The SMILES string of the molecule is COc1cc(C=CO)cc(OC)c1. The lowest BCUT2D eigenvalue weighted by Crippen LogP contribution is -1.87. The van der Waals surface area contributed by atoms with E-state index in [0.717, 1.165) is 11.8 Å². The number of rotatable bonds is 3. The predicted octanol–water partition coefficient (Wildman–Crippen LogP) is 2.23. The molecule has 0 bridgehead atoms. The topological polar surface area (TPSA) is 38.7 Å². The number of ether oxygens (including phenoxy) is 2. The van der Waals surface area contributed by atoms with Crippen LogP contribution in [0.15, 0.2) is 24.5 Å². The second-order valence-corrected chi connectivity index (χ2v) is 2.46. The van der Waals surface area contributed by atoms with Gasteiger partial charge in [-0.25, -0.2) is 0 Å². The third-order valence-electron chi connectivity index (χ3n) is 1.64. The van der Waals surface area contributed by atoms with Crippen LogP contribution in [0.4, 0.5) is 0 Å². The van der Waals surface area contributed by atoms with Gasteiger partial charge in [0.15, 0.2) is 0 Å². The molecule has 0 radical (unpaired) electrons. The highest BCUT2D eigenvalue weighted by molar-refractivity contribution is 5.54. The van der Waals surface area contributed by atoms with Gasteiger partial charge in [-0.3, -0.25) is 0 Å². The first kappa shape index (κ1) is 9.45. The van der Waals surface area contributed by atoms with Crippen molar-refractivity contribution >= 4 is 6.08 Å². The summed E-state index contributed by atoms with van der Waals surface area (Å²) >= 11 is 0. The first-order valence-electron chi connectivity index (χ1n) is 3.84. The lowest BCUT2D eigenvalue weighted by Gasteiger charge is -2.05. The van der Waals surface area contributed by atoms with E-state index in [1.165, 1.54) is 0 Å². The minimum absolute atomic E-state index is 0.701. The third-order valence-corrected chi connectivity index (χ3v) is 1.64. The van der Waals surface area contributed by atoms with Crippen LogP contribution in [0.25, 0.3) is 6.08 Å². The van der Waals surface area contributed by atoms with Crippen molar-refractivity contribution in [1.29, 1.82) is 0 Å². The maximum Gasteiger partial charge on any atom is 0.123 e. The fraction of sp³-hybridized carbons (Fsp3) is 0.200. The molecule has 0 unspecified atom stereocenters. The summed E-state index contributed by atoms with van der Waals surface area (Å²) in [6, 6.07) is 5.37. The van der Waals surface area contributed by atoms with Gasteiger partial charge in [-0.15, -0.1) is 0 Å². The van der Waals surface area contributed by atoms with E-state index in [-0.39, 0.29) is 0 Å². The Morgan fingerprint density at radius 3 is 2.00 bits per heavy atom. The third kappa shape index (κ3) is 2.40. The monoisotopic (exact) mass is 180 g/mol. The summed E-state index contributed by atoms with van der Waals surface area (Å²) in [5.41, 5.74) is 0.832. The molecule has 70 valence electrons. The molecule has 0 aliphatic heterocycles. The van der Waals surface area contributed by atoms with Gasteiger partial charge in [-0.2, -0.15) is 0 Å². The molecule has 0 atom stereocenters. The van der Waals surface area contributed by atoms with Gasteiger partial charge in [0, 0.05) is 6.07 Å². The van der Waals surface area contributed by atoms with Crippen LogP contribution in [0.3, 0.4) is 0 Å². The molecular weight excluding hydrogens is 168 g/mol. The van der Waals surface area contributed by atoms with Crippen LogP contribution in [-0.4, -0.2) is 19.3 Å². The Hall–Kier alpha value is -1.64. The second kappa shape index (κ2) is 4.40. The van der Waals surface area contributed by atoms with E-state index in [1.54, 1.807) is 38.5 Å². The Kier molecular flexibility index (Phi) is 3.20. The van der Waals surface area contributed by atoms with Crippen molar-refractivity contribution in [3.8, 4) is 11.5 Å². The molecule has 0 saturated heterocycles. The Morgan fingerprint density at radius 2 is 1.62 bits per heavy atom. The number of aliphatic hydroxyl groups excluding tert-OH is 1. The first-order chi connectivity index (χ1) is 6.30. The minimum Gasteiger partial charge on any atom is -0.516 e. The highest BCUT2D eigenvalue weighted by Gasteiger charge is 1.98. The van der Waals surface area contributed by atoms with Crippen molar-refractivity contribution < 1.29 is 14.6 Å². The van der Waals surface area contributed by atoms with Gasteiger partial charge in [-0.1, -0.05) is 0 Å². The maximum atomic E-state index is 8.58. The molecule has 0 aliphatic carbocycles. The van der Waals surface area contributed by atoms with E-state index in [1.807, 2.05) is 0 Å². The molecule has 0 heterocycles. The fourth-order valence-electron chi connectivity index (χ4n) is 1.01. The van der Waals surface area contributed by atoms with Gasteiger partial charge in [0.1, 0.15) is 11.5 Å². The quantitative estimate of drug-likeness (QED) is 0.725. The van der Waals surface area contributed by atoms with E-state index in [2.05, 4.69) is 0 Å². The Balaban J connectivity index is 3.07. The Bertz CT molecular complexity index is 283. The molecule has 0 fully saturated rings. The molecule has 0 amide bonds. The van der Waals surface area contributed by atoms with Crippen LogP contribution in [-0.2, 0) is 0 Å². The van der Waals surface area contributed by atoms with Gasteiger partial charge in [0.05, 0.1) is 20.5 Å². The van der Waals surface area contributed by atoms with Crippen molar-refractivity contribution in [3.05, 3.63) is 30.0 Å². The van der Waals surface area contributed by atoms with Gasteiger partial charge in [0.2, 0.25) is 0 Å². The molecular formula is C10H12O3. The maximum absolute atomic E-state index is 8.58. The molecule has 0 aliphatic rings. The zero-order valence-corrected chi connectivity index (χ0v) is 7.65. The number of hydrogen-bond donors (Lipinski definition) is 1. The van der Waals surface area contributed by atoms with Crippen LogP contribution in [0, 0.1) is 0 Å². The van der Waals surface area contributed by atoms with Crippen LogP contribution in [0.1, 0.15) is 5.56 Å². The van der Waals surface area contributed by atoms with Crippen molar-refractivity contribution in [3.63, 3.8) is 0 Å². The fourth-order valence-corrected chi connectivity index (χ4v) is 1.01. The molecule has 1 aromatic rings. The first-order valence-corrected chi connectivity index (χ1v) is 3.84. The largest absolute Gasteiger partial charge is 0.516 e. The minimum atomic E-state index is 0.701. The van der Waals surface area contributed by atoms with E-state index in [0.29, 0.717) is 11.5 Å². The van der Waals surface area contributed by atoms with Crippen LogP contribution in [0.5, 0.6) is 11.5 Å². The number of hydrogen-bond acceptors (Lipinski definition) is 3. The summed E-state index contributed by atoms with van der Waals surface area (Å²) < 4.78 is 10.1.